The highest BCUT2D eigenvalue weighted by molar-refractivity contribution is 6.19. The van der Waals surface area contributed by atoms with Gasteiger partial charge in [-0.25, -0.2) is 0 Å². The fourth-order valence-electron chi connectivity index (χ4n) is 4.70. The second kappa shape index (κ2) is 11.0. The molecule has 10 nitrogen and oxygen atoms in total. The van der Waals surface area contributed by atoms with E-state index in [4.69, 9.17) is 4.74 Å². The first kappa shape index (κ1) is 28.3. The van der Waals surface area contributed by atoms with Crippen LogP contribution in [-0.4, -0.2) is 47.3 Å². The smallest absolute Gasteiger partial charge is 0.326 e. The highest BCUT2D eigenvalue weighted by Gasteiger charge is 2.41. The first-order valence-electron chi connectivity index (χ1n) is 12.5. The van der Waals surface area contributed by atoms with Crippen LogP contribution < -0.4 is 4.90 Å². The topological polar surface area (TPSA) is 134 Å². The average molecular weight is 521 g/mol. The van der Waals surface area contributed by atoms with Crippen LogP contribution in [0.1, 0.15) is 53.5 Å². The Hall–Kier alpha value is -4.26. The van der Waals surface area contributed by atoms with E-state index in [1.807, 2.05) is 19.9 Å². The number of hydrogen-bond donors (Lipinski definition) is 0. The molecule has 0 unspecified atom stereocenters. The molecule has 0 N–H and O–H groups in total. The van der Waals surface area contributed by atoms with Crippen molar-refractivity contribution < 1.29 is 24.0 Å². The molecule has 200 valence electrons. The van der Waals surface area contributed by atoms with Crippen molar-refractivity contribution in [1.82, 2.24) is 4.90 Å². The number of amides is 2. The molecule has 3 rings (SSSR count). The molecule has 0 atom stereocenters. The standard InChI is InChI=1S/C28H32N4O6/c1-7-38-25(33)16-31-26(34)20(18(4)21(15-29)27(31)35)9-11-24-28(5,6)22-14-19(32(36)37)8-10-23(22)30(24)13-12-17(2)3/h8-11,14,17H,7,12-13,16H2,1-6H3/b20-9-,24-11+. The summed E-state index contributed by atoms with van der Waals surface area (Å²) in [6.45, 7) is 11.4. The Labute approximate surface area is 222 Å². The highest BCUT2D eigenvalue weighted by atomic mass is 16.6. The van der Waals surface area contributed by atoms with Crippen molar-refractivity contribution in [2.24, 2.45) is 5.92 Å². The van der Waals surface area contributed by atoms with Crippen molar-refractivity contribution in [3.63, 3.8) is 0 Å². The van der Waals surface area contributed by atoms with Crippen molar-refractivity contribution in [2.45, 2.75) is 53.4 Å². The quantitative estimate of drug-likeness (QED) is 0.163. The normalized spacial score (nSPS) is 18.9. The lowest BCUT2D eigenvalue weighted by atomic mass is 9.83. The molecule has 2 aliphatic rings. The van der Waals surface area contributed by atoms with Crippen molar-refractivity contribution in [1.29, 1.82) is 5.26 Å². The van der Waals surface area contributed by atoms with Gasteiger partial charge < -0.3 is 9.64 Å². The van der Waals surface area contributed by atoms with Gasteiger partial charge in [0.1, 0.15) is 18.2 Å². The number of nitro benzene ring substituents is 1. The van der Waals surface area contributed by atoms with Gasteiger partial charge in [0.25, 0.3) is 17.5 Å². The molecule has 1 aromatic rings. The first-order chi connectivity index (χ1) is 17.8. The van der Waals surface area contributed by atoms with Crippen LogP contribution in [0.2, 0.25) is 0 Å². The fraction of sp³-hybridized carbons (Fsp3) is 0.429. The van der Waals surface area contributed by atoms with Gasteiger partial charge in [-0.2, -0.15) is 5.26 Å². The third kappa shape index (κ3) is 5.23. The van der Waals surface area contributed by atoms with Gasteiger partial charge in [-0.3, -0.25) is 29.4 Å². The molecule has 10 heteroatoms. The van der Waals surface area contributed by atoms with Crippen LogP contribution in [0, 0.1) is 27.4 Å². The Morgan fingerprint density at radius 2 is 1.89 bits per heavy atom. The van der Waals surface area contributed by atoms with E-state index in [0.717, 1.165) is 28.3 Å². The number of non-ortho nitro benzene ring substituents is 1. The number of carbonyl (C=O) groups is 3. The van der Waals surface area contributed by atoms with Crippen molar-refractivity contribution in [3.05, 3.63) is 68.4 Å². The van der Waals surface area contributed by atoms with E-state index in [1.54, 1.807) is 31.2 Å². The monoisotopic (exact) mass is 520 g/mol. The largest absolute Gasteiger partial charge is 0.465 e. The van der Waals surface area contributed by atoms with Crippen LogP contribution >= 0.6 is 0 Å². The fourth-order valence-corrected chi connectivity index (χ4v) is 4.70. The van der Waals surface area contributed by atoms with E-state index >= 15 is 0 Å². The molecule has 0 spiro atoms. The number of imide groups is 1. The van der Waals surface area contributed by atoms with Crippen LogP contribution in [-0.2, 0) is 24.5 Å². The van der Waals surface area contributed by atoms with E-state index in [-0.39, 0.29) is 29.0 Å². The minimum Gasteiger partial charge on any atom is -0.465 e. The number of rotatable bonds is 8. The Balaban J connectivity index is 2.14. The molecule has 38 heavy (non-hydrogen) atoms. The van der Waals surface area contributed by atoms with Gasteiger partial charge in [0.2, 0.25) is 0 Å². The van der Waals surface area contributed by atoms with E-state index in [1.165, 1.54) is 13.0 Å². The first-order valence-corrected chi connectivity index (χ1v) is 12.5. The molecule has 0 saturated carbocycles. The number of nitriles is 1. The Bertz CT molecular complexity index is 1330. The van der Waals surface area contributed by atoms with E-state index in [9.17, 15) is 29.8 Å². The predicted molar refractivity (Wildman–Crippen MR) is 141 cm³/mol. The zero-order chi connectivity index (χ0) is 28.4. The second-order valence-corrected chi connectivity index (χ2v) is 10.2. The minimum atomic E-state index is -0.840. The molecule has 1 aromatic carbocycles. The summed E-state index contributed by atoms with van der Waals surface area (Å²) in [5.41, 5.74) is 1.92. The number of benzene rings is 1. The summed E-state index contributed by atoms with van der Waals surface area (Å²) in [5, 5.41) is 21.1. The SMILES string of the molecule is CCOC(=O)CN1C(=O)C(C#N)=C(C)/C(=C/C=C2/N(CCC(C)C)c3ccc([N+](=O)[O-])cc3C2(C)C)C1=O. The van der Waals surface area contributed by atoms with Crippen molar-refractivity contribution >= 4 is 29.2 Å². The molecule has 2 heterocycles. The molecular weight excluding hydrogens is 488 g/mol. The number of fused-ring (bicyclic) bond motifs is 1. The number of allylic oxidation sites excluding steroid dienone is 3. The predicted octanol–water partition coefficient (Wildman–Crippen LogP) is 4.32. The number of carbonyl (C=O) groups excluding carboxylic acids is 3. The van der Waals surface area contributed by atoms with Crippen molar-refractivity contribution in [2.75, 3.05) is 24.6 Å². The number of esters is 1. The summed E-state index contributed by atoms with van der Waals surface area (Å²) >= 11 is 0. The molecule has 2 aliphatic heterocycles. The zero-order valence-corrected chi connectivity index (χ0v) is 22.5. The van der Waals surface area contributed by atoms with Crippen molar-refractivity contribution in [3.8, 4) is 6.07 Å². The maximum absolute atomic E-state index is 13.3. The van der Waals surface area contributed by atoms with Gasteiger partial charge in [0.05, 0.1) is 11.5 Å². The Morgan fingerprint density at radius 1 is 1.21 bits per heavy atom. The summed E-state index contributed by atoms with van der Waals surface area (Å²) in [6, 6.07) is 6.66. The van der Waals surface area contributed by atoms with Crippen LogP contribution in [0.4, 0.5) is 11.4 Å². The molecule has 2 amide bonds. The van der Waals surface area contributed by atoms with Gasteiger partial charge in [0.15, 0.2) is 0 Å². The second-order valence-electron chi connectivity index (χ2n) is 10.2. The highest BCUT2D eigenvalue weighted by Crippen LogP contribution is 2.49. The number of anilines is 1. The molecule has 0 aromatic heterocycles. The number of nitro groups is 1. The van der Waals surface area contributed by atoms with Crippen LogP contribution in [0.3, 0.4) is 0 Å². The summed E-state index contributed by atoms with van der Waals surface area (Å²) in [6.07, 6.45) is 4.17. The summed E-state index contributed by atoms with van der Waals surface area (Å²) in [4.78, 5) is 52.0. The number of ether oxygens (including phenoxy) is 1. The Kier molecular flexibility index (Phi) is 8.20. The summed E-state index contributed by atoms with van der Waals surface area (Å²) in [7, 11) is 0. The molecule has 0 radical (unpaired) electrons. The van der Waals surface area contributed by atoms with E-state index in [2.05, 4.69) is 18.7 Å². The molecule has 0 aliphatic carbocycles. The Morgan fingerprint density at radius 3 is 2.47 bits per heavy atom. The van der Waals surface area contributed by atoms with Crippen LogP contribution in [0.25, 0.3) is 0 Å². The third-order valence-corrected chi connectivity index (χ3v) is 6.84. The van der Waals surface area contributed by atoms with Gasteiger partial charge in [-0.15, -0.1) is 0 Å². The van der Waals surface area contributed by atoms with Crippen LogP contribution in [0.5, 0.6) is 0 Å². The van der Waals surface area contributed by atoms with E-state index in [0.29, 0.717) is 12.5 Å². The van der Waals surface area contributed by atoms with Gasteiger partial charge in [-0.05, 0) is 55.5 Å². The molecule has 0 bridgehead atoms. The molecule has 0 saturated heterocycles. The number of nitrogens with zero attached hydrogens (tertiary/aromatic N) is 4. The molecular formula is C28H32N4O6. The maximum atomic E-state index is 13.3. The average Bonchev–Trinajstić information content (AvgIpc) is 3.06. The third-order valence-electron chi connectivity index (χ3n) is 6.84. The lowest BCUT2D eigenvalue weighted by molar-refractivity contribution is -0.384. The lowest BCUT2D eigenvalue weighted by Gasteiger charge is -2.28. The van der Waals surface area contributed by atoms with Gasteiger partial charge >= 0.3 is 5.97 Å². The van der Waals surface area contributed by atoms with E-state index < -0.39 is 34.7 Å². The van der Waals surface area contributed by atoms with Gasteiger partial charge in [-0.1, -0.05) is 27.7 Å². The maximum Gasteiger partial charge on any atom is 0.326 e. The molecule has 0 fully saturated rings. The summed E-state index contributed by atoms with van der Waals surface area (Å²) < 4.78 is 4.89. The lowest BCUT2D eigenvalue weighted by Crippen LogP contribution is -2.45. The van der Waals surface area contributed by atoms with Gasteiger partial charge in [0, 0.05) is 41.1 Å². The minimum absolute atomic E-state index is 0.00624. The summed E-state index contributed by atoms with van der Waals surface area (Å²) in [5.74, 6) is -1.88. The number of hydrogen-bond acceptors (Lipinski definition) is 8. The van der Waals surface area contributed by atoms with Crippen LogP contribution in [0.15, 0.2) is 52.8 Å². The zero-order valence-electron chi connectivity index (χ0n) is 22.5.